The molecule has 0 saturated heterocycles. The van der Waals surface area contributed by atoms with Crippen LogP contribution in [0.4, 0.5) is 0 Å². The highest BCUT2D eigenvalue weighted by Crippen LogP contribution is 2.27. The van der Waals surface area contributed by atoms with Crippen LogP contribution in [0.5, 0.6) is 0 Å². The molecule has 1 unspecified atom stereocenters. The molecule has 0 aliphatic heterocycles. The lowest BCUT2D eigenvalue weighted by Gasteiger charge is -2.16. The first kappa shape index (κ1) is 14.8. The molecule has 0 amide bonds. The van der Waals surface area contributed by atoms with Gasteiger partial charge in [0, 0.05) is 15.0 Å². The second-order valence-corrected chi connectivity index (χ2v) is 6.52. The van der Waals surface area contributed by atoms with Crippen molar-refractivity contribution < 1.29 is 0 Å². The molecular formula is C16H17Br2N. The molecule has 0 radical (unpaired) electrons. The molecule has 0 fully saturated rings. The summed E-state index contributed by atoms with van der Waals surface area (Å²) in [5, 5.41) is 0. The lowest BCUT2D eigenvalue weighted by atomic mass is 9.97. The van der Waals surface area contributed by atoms with E-state index in [4.69, 9.17) is 5.73 Å². The van der Waals surface area contributed by atoms with E-state index in [-0.39, 0.29) is 6.04 Å². The van der Waals surface area contributed by atoms with Gasteiger partial charge in [-0.1, -0.05) is 62.2 Å². The minimum atomic E-state index is 0.0178. The van der Waals surface area contributed by atoms with E-state index in [1.165, 1.54) is 26.7 Å². The highest BCUT2D eigenvalue weighted by atomic mass is 79.9. The molecule has 19 heavy (non-hydrogen) atoms. The van der Waals surface area contributed by atoms with Gasteiger partial charge in [0.2, 0.25) is 0 Å². The molecule has 0 bridgehead atoms. The van der Waals surface area contributed by atoms with Crippen molar-refractivity contribution in [1.82, 2.24) is 0 Å². The van der Waals surface area contributed by atoms with E-state index in [1.807, 2.05) is 12.1 Å². The molecule has 0 heterocycles. The number of hydrogen-bond donors (Lipinski definition) is 1. The Morgan fingerprint density at radius 3 is 2.21 bits per heavy atom. The fraction of sp³-hybridized carbons (Fsp3) is 0.250. The predicted octanol–water partition coefficient (Wildman–Crippen LogP) is 5.07. The Balaban J connectivity index is 2.26. The van der Waals surface area contributed by atoms with Gasteiger partial charge < -0.3 is 5.73 Å². The Morgan fingerprint density at radius 2 is 1.63 bits per heavy atom. The number of halogens is 2. The first-order valence-corrected chi connectivity index (χ1v) is 7.83. The maximum Gasteiger partial charge on any atom is 0.0336 e. The SMILES string of the molecule is Cc1cc(C(N)Cc2ccccc2Br)cc(C)c1Br. The summed E-state index contributed by atoms with van der Waals surface area (Å²) in [4.78, 5) is 0. The molecule has 2 aromatic carbocycles. The summed E-state index contributed by atoms with van der Waals surface area (Å²) < 4.78 is 2.29. The monoisotopic (exact) mass is 381 g/mol. The van der Waals surface area contributed by atoms with E-state index in [9.17, 15) is 0 Å². The van der Waals surface area contributed by atoms with Crippen LogP contribution in [0.3, 0.4) is 0 Å². The first-order valence-electron chi connectivity index (χ1n) is 6.24. The van der Waals surface area contributed by atoms with Crippen LogP contribution in [0.15, 0.2) is 45.3 Å². The van der Waals surface area contributed by atoms with Crippen molar-refractivity contribution >= 4 is 31.9 Å². The van der Waals surface area contributed by atoms with E-state index in [2.05, 4.69) is 70.0 Å². The highest BCUT2D eigenvalue weighted by molar-refractivity contribution is 9.10. The van der Waals surface area contributed by atoms with Gasteiger partial charge in [0.1, 0.15) is 0 Å². The van der Waals surface area contributed by atoms with Gasteiger partial charge in [0.25, 0.3) is 0 Å². The largest absolute Gasteiger partial charge is 0.324 e. The van der Waals surface area contributed by atoms with Gasteiger partial charge in [-0.25, -0.2) is 0 Å². The molecule has 2 aromatic rings. The van der Waals surface area contributed by atoms with Crippen LogP contribution < -0.4 is 5.73 Å². The van der Waals surface area contributed by atoms with Crippen molar-refractivity contribution in [3.05, 3.63) is 67.6 Å². The number of nitrogens with two attached hydrogens (primary N) is 1. The van der Waals surface area contributed by atoms with Crippen molar-refractivity contribution in [1.29, 1.82) is 0 Å². The molecule has 0 aromatic heterocycles. The molecular weight excluding hydrogens is 366 g/mol. The molecule has 100 valence electrons. The maximum atomic E-state index is 6.35. The van der Waals surface area contributed by atoms with Crippen LogP contribution in [0, 0.1) is 13.8 Å². The average Bonchev–Trinajstić information content (AvgIpc) is 2.38. The summed E-state index contributed by atoms with van der Waals surface area (Å²) >= 11 is 7.17. The third-order valence-corrected chi connectivity index (χ3v) is 5.31. The van der Waals surface area contributed by atoms with Crippen molar-refractivity contribution in [3.63, 3.8) is 0 Å². The Bertz CT molecular complexity index is 570. The highest BCUT2D eigenvalue weighted by Gasteiger charge is 2.11. The Hall–Kier alpha value is -0.640. The van der Waals surface area contributed by atoms with Crippen LogP contribution in [0.2, 0.25) is 0 Å². The number of rotatable bonds is 3. The maximum absolute atomic E-state index is 6.35. The Kier molecular flexibility index (Phi) is 4.82. The van der Waals surface area contributed by atoms with Gasteiger partial charge in [-0.15, -0.1) is 0 Å². The zero-order valence-electron chi connectivity index (χ0n) is 11.1. The van der Waals surface area contributed by atoms with Crippen molar-refractivity contribution in [2.24, 2.45) is 5.73 Å². The molecule has 0 aliphatic carbocycles. The van der Waals surface area contributed by atoms with Gasteiger partial charge in [-0.2, -0.15) is 0 Å². The first-order chi connectivity index (χ1) is 8.99. The Morgan fingerprint density at radius 1 is 1.05 bits per heavy atom. The van der Waals surface area contributed by atoms with Crippen LogP contribution >= 0.6 is 31.9 Å². The Labute approximate surface area is 131 Å². The summed E-state index contributed by atoms with van der Waals surface area (Å²) in [6.45, 7) is 4.21. The molecule has 1 nitrogen and oxygen atoms in total. The molecule has 3 heteroatoms. The van der Waals surface area contributed by atoms with Gasteiger partial charge in [-0.3, -0.25) is 0 Å². The molecule has 0 spiro atoms. The lowest BCUT2D eigenvalue weighted by Crippen LogP contribution is -2.14. The van der Waals surface area contributed by atoms with Gasteiger partial charge in [0.05, 0.1) is 0 Å². The van der Waals surface area contributed by atoms with Gasteiger partial charge in [0.15, 0.2) is 0 Å². The van der Waals surface area contributed by atoms with E-state index < -0.39 is 0 Å². The molecule has 2 rings (SSSR count). The van der Waals surface area contributed by atoms with Gasteiger partial charge >= 0.3 is 0 Å². The van der Waals surface area contributed by atoms with Crippen LogP contribution in [-0.2, 0) is 6.42 Å². The number of hydrogen-bond acceptors (Lipinski definition) is 1. The van der Waals surface area contributed by atoms with E-state index in [0.29, 0.717) is 0 Å². The third kappa shape index (κ3) is 3.47. The topological polar surface area (TPSA) is 26.0 Å². The third-order valence-electron chi connectivity index (χ3n) is 3.28. The van der Waals surface area contributed by atoms with E-state index >= 15 is 0 Å². The van der Waals surface area contributed by atoms with Crippen molar-refractivity contribution in [2.75, 3.05) is 0 Å². The summed E-state index contributed by atoms with van der Waals surface area (Å²) in [6.07, 6.45) is 0.835. The number of benzene rings is 2. The van der Waals surface area contributed by atoms with E-state index in [0.717, 1.165) is 10.9 Å². The molecule has 2 N–H and O–H groups in total. The second kappa shape index (κ2) is 6.21. The fourth-order valence-corrected chi connectivity index (χ4v) is 2.89. The van der Waals surface area contributed by atoms with Crippen LogP contribution in [0.1, 0.15) is 28.3 Å². The summed E-state index contributed by atoms with van der Waals surface area (Å²) in [5.41, 5.74) is 11.2. The normalized spacial score (nSPS) is 12.5. The zero-order valence-corrected chi connectivity index (χ0v) is 14.3. The zero-order chi connectivity index (χ0) is 14.0. The minimum absolute atomic E-state index is 0.0178. The van der Waals surface area contributed by atoms with Gasteiger partial charge in [-0.05, 0) is 48.6 Å². The summed E-state index contributed by atoms with van der Waals surface area (Å²) in [7, 11) is 0. The molecule has 0 saturated carbocycles. The minimum Gasteiger partial charge on any atom is -0.324 e. The molecule has 1 atom stereocenters. The van der Waals surface area contributed by atoms with Crippen LogP contribution in [-0.4, -0.2) is 0 Å². The van der Waals surface area contributed by atoms with Crippen LogP contribution in [0.25, 0.3) is 0 Å². The van der Waals surface area contributed by atoms with Crippen molar-refractivity contribution in [3.8, 4) is 0 Å². The second-order valence-electron chi connectivity index (χ2n) is 4.87. The summed E-state index contributed by atoms with van der Waals surface area (Å²) in [6, 6.07) is 12.6. The lowest BCUT2D eigenvalue weighted by molar-refractivity contribution is 0.718. The fourth-order valence-electron chi connectivity index (χ4n) is 2.21. The van der Waals surface area contributed by atoms with Crippen molar-refractivity contribution in [2.45, 2.75) is 26.3 Å². The molecule has 0 aliphatic rings. The standard InChI is InChI=1S/C16H17Br2N/c1-10-7-13(8-11(2)16(10)18)15(19)9-12-5-3-4-6-14(12)17/h3-8,15H,9,19H2,1-2H3. The average molecular weight is 383 g/mol. The predicted molar refractivity (Wildman–Crippen MR) is 88.4 cm³/mol. The number of aryl methyl sites for hydroxylation is 2. The quantitative estimate of drug-likeness (QED) is 0.787. The smallest absolute Gasteiger partial charge is 0.0336 e. The summed E-state index contributed by atoms with van der Waals surface area (Å²) in [5.74, 6) is 0. The van der Waals surface area contributed by atoms with E-state index in [1.54, 1.807) is 0 Å².